The third-order valence-electron chi connectivity index (χ3n) is 6.11. The molecule has 8 heteroatoms. The first-order valence-electron chi connectivity index (χ1n) is 10.9. The SMILES string of the molecule is C[C@]1(C(=O)NCc2ccc(F)cc2)Cn2nc(-c3ccco3)cc2C(=O)N1Cc1ccccc1. The van der Waals surface area contributed by atoms with Crippen LogP contribution in [-0.2, 0) is 24.4 Å². The standard InChI is InChI=1S/C26H23FN4O3/c1-26(25(33)28-15-18-9-11-20(27)12-10-18)17-31-22(14-21(29-31)23-8-5-13-34-23)24(32)30(26)16-19-6-3-2-4-7-19/h2-14H,15-17H2,1H3,(H,28,33)/t26-/m1/s1. The molecule has 0 bridgehead atoms. The number of carbonyl (C=O) groups is 2. The topological polar surface area (TPSA) is 80.4 Å². The lowest BCUT2D eigenvalue weighted by atomic mass is 9.94. The molecule has 4 aromatic rings. The van der Waals surface area contributed by atoms with Gasteiger partial charge in [-0.15, -0.1) is 0 Å². The second kappa shape index (κ2) is 8.62. The minimum Gasteiger partial charge on any atom is -0.463 e. The molecule has 2 amide bonds. The normalized spacial score (nSPS) is 17.5. The number of rotatable bonds is 6. The van der Waals surface area contributed by atoms with E-state index in [1.54, 1.807) is 53.1 Å². The van der Waals surface area contributed by atoms with Gasteiger partial charge in [-0.1, -0.05) is 42.5 Å². The first-order valence-corrected chi connectivity index (χ1v) is 10.9. The Hall–Kier alpha value is -4.20. The van der Waals surface area contributed by atoms with Gasteiger partial charge in [0.2, 0.25) is 5.91 Å². The summed E-state index contributed by atoms with van der Waals surface area (Å²) in [5, 5.41) is 7.46. The maximum Gasteiger partial charge on any atom is 0.273 e. The fourth-order valence-electron chi connectivity index (χ4n) is 4.18. The lowest BCUT2D eigenvalue weighted by Crippen LogP contribution is -2.63. The van der Waals surface area contributed by atoms with Crippen LogP contribution < -0.4 is 5.32 Å². The molecule has 34 heavy (non-hydrogen) atoms. The summed E-state index contributed by atoms with van der Waals surface area (Å²) in [6.45, 7) is 2.40. The summed E-state index contributed by atoms with van der Waals surface area (Å²) in [5.74, 6) is -0.402. The molecule has 0 spiro atoms. The number of hydrogen-bond donors (Lipinski definition) is 1. The second-order valence-corrected chi connectivity index (χ2v) is 8.51. The molecule has 1 N–H and O–H groups in total. The van der Waals surface area contributed by atoms with Gasteiger partial charge >= 0.3 is 0 Å². The predicted molar refractivity (Wildman–Crippen MR) is 123 cm³/mol. The van der Waals surface area contributed by atoms with Crippen molar-refractivity contribution >= 4 is 11.8 Å². The van der Waals surface area contributed by atoms with Gasteiger partial charge in [-0.3, -0.25) is 14.3 Å². The first-order chi connectivity index (χ1) is 16.4. The highest BCUT2D eigenvalue weighted by Crippen LogP contribution is 2.31. The van der Waals surface area contributed by atoms with Crippen molar-refractivity contribution in [3.05, 3.63) is 102 Å². The summed E-state index contributed by atoms with van der Waals surface area (Å²) in [6, 6.07) is 20.7. The molecule has 0 fully saturated rings. The summed E-state index contributed by atoms with van der Waals surface area (Å²) >= 11 is 0. The van der Waals surface area contributed by atoms with Crippen LogP contribution in [0.15, 0.2) is 83.5 Å². The second-order valence-electron chi connectivity index (χ2n) is 8.51. The summed E-state index contributed by atoms with van der Waals surface area (Å²) in [7, 11) is 0. The van der Waals surface area contributed by atoms with Gasteiger partial charge < -0.3 is 14.6 Å². The number of aromatic nitrogens is 2. The molecule has 0 saturated carbocycles. The van der Waals surface area contributed by atoms with Crippen LogP contribution in [0.25, 0.3) is 11.5 Å². The number of benzene rings is 2. The molecule has 0 unspecified atom stereocenters. The minimum absolute atomic E-state index is 0.177. The summed E-state index contributed by atoms with van der Waals surface area (Å²) in [4.78, 5) is 28.8. The number of hydrogen-bond acceptors (Lipinski definition) is 4. The largest absolute Gasteiger partial charge is 0.463 e. The van der Waals surface area contributed by atoms with Gasteiger partial charge in [-0.25, -0.2) is 4.39 Å². The highest BCUT2D eigenvalue weighted by atomic mass is 19.1. The van der Waals surface area contributed by atoms with E-state index in [-0.39, 0.29) is 37.3 Å². The minimum atomic E-state index is -1.20. The average molecular weight is 458 g/mol. The average Bonchev–Trinajstić information content (AvgIpc) is 3.52. The number of nitrogens with one attached hydrogen (secondary N) is 1. The van der Waals surface area contributed by atoms with Crippen LogP contribution in [0.1, 0.15) is 28.5 Å². The monoisotopic (exact) mass is 458 g/mol. The number of amides is 2. The number of carbonyl (C=O) groups excluding carboxylic acids is 2. The first kappa shape index (κ1) is 21.6. The van der Waals surface area contributed by atoms with Gasteiger partial charge in [0.25, 0.3) is 5.91 Å². The van der Waals surface area contributed by atoms with Crippen molar-refractivity contribution in [2.45, 2.75) is 32.1 Å². The molecular weight excluding hydrogens is 435 g/mol. The van der Waals surface area contributed by atoms with Crippen molar-refractivity contribution in [2.24, 2.45) is 0 Å². The summed E-state index contributed by atoms with van der Waals surface area (Å²) < 4.78 is 20.2. The zero-order valence-electron chi connectivity index (χ0n) is 18.6. The molecule has 2 aromatic carbocycles. The van der Waals surface area contributed by atoms with Crippen molar-refractivity contribution in [3.63, 3.8) is 0 Å². The predicted octanol–water partition coefficient (Wildman–Crippen LogP) is 4.01. The van der Waals surface area contributed by atoms with Crippen molar-refractivity contribution < 1.29 is 18.4 Å². The molecule has 1 aliphatic heterocycles. The maximum atomic E-state index is 13.6. The van der Waals surface area contributed by atoms with Gasteiger partial charge in [-0.2, -0.15) is 5.10 Å². The Morgan fingerprint density at radius 3 is 2.56 bits per heavy atom. The fraction of sp³-hybridized carbons (Fsp3) is 0.192. The molecular formula is C26H23FN4O3. The van der Waals surface area contributed by atoms with Crippen molar-refractivity contribution in [2.75, 3.05) is 0 Å². The van der Waals surface area contributed by atoms with Crippen LogP contribution in [-0.4, -0.2) is 32.0 Å². The number of fused-ring (bicyclic) bond motifs is 1. The van der Waals surface area contributed by atoms with Crippen LogP contribution in [0.4, 0.5) is 4.39 Å². The van der Waals surface area contributed by atoms with Gasteiger partial charge in [0.05, 0.1) is 12.8 Å². The summed E-state index contributed by atoms with van der Waals surface area (Å²) in [6.07, 6.45) is 1.55. The Labute approximate surface area is 195 Å². The Balaban J connectivity index is 1.47. The molecule has 0 radical (unpaired) electrons. The van der Waals surface area contributed by atoms with Crippen molar-refractivity contribution in [3.8, 4) is 11.5 Å². The highest BCUT2D eigenvalue weighted by molar-refractivity contribution is 6.00. The smallest absolute Gasteiger partial charge is 0.273 e. The van der Waals surface area contributed by atoms with E-state index in [0.717, 1.165) is 11.1 Å². The van der Waals surface area contributed by atoms with Crippen LogP contribution >= 0.6 is 0 Å². The van der Waals surface area contributed by atoms with E-state index in [2.05, 4.69) is 10.4 Å². The van der Waals surface area contributed by atoms with E-state index in [1.165, 1.54) is 12.1 Å². The molecule has 0 aliphatic carbocycles. The van der Waals surface area contributed by atoms with Gasteiger partial charge in [0.1, 0.15) is 22.7 Å². The number of furan rings is 1. The summed E-state index contributed by atoms with van der Waals surface area (Å²) in [5.41, 5.74) is 1.39. The molecule has 172 valence electrons. The van der Waals surface area contributed by atoms with Crippen molar-refractivity contribution in [1.29, 1.82) is 0 Å². The highest BCUT2D eigenvalue weighted by Gasteiger charge is 2.48. The van der Waals surface area contributed by atoms with Gasteiger partial charge in [0.15, 0.2) is 5.76 Å². The Morgan fingerprint density at radius 1 is 1.09 bits per heavy atom. The number of halogens is 1. The van der Waals surface area contributed by atoms with E-state index in [1.807, 2.05) is 30.3 Å². The van der Waals surface area contributed by atoms with E-state index in [4.69, 9.17) is 4.42 Å². The lowest BCUT2D eigenvalue weighted by Gasteiger charge is -2.43. The molecule has 7 nitrogen and oxygen atoms in total. The third kappa shape index (κ3) is 3.98. The van der Waals surface area contributed by atoms with E-state index in [0.29, 0.717) is 17.1 Å². The fourth-order valence-corrected chi connectivity index (χ4v) is 4.18. The third-order valence-corrected chi connectivity index (χ3v) is 6.11. The van der Waals surface area contributed by atoms with Crippen LogP contribution in [0.2, 0.25) is 0 Å². The molecule has 5 rings (SSSR count). The Morgan fingerprint density at radius 2 is 1.85 bits per heavy atom. The van der Waals surface area contributed by atoms with Gasteiger partial charge in [0, 0.05) is 19.2 Å². The van der Waals surface area contributed by atoms with Crippen molar-refractivity contribution in [1.82, 2.24) is 20.0 Å². The van der Waals surface area contributed by atoms with Crippen LogP contribution in [0.5, 0.6) is 0 Å². The van der Waals surface area contributed by atoms with E-state index in [9.17, 15) is 14.0 Å². The molecule has 3 heterocycles. The Kier molecular flexibility index (Phi) is 5.49. The molecule has 0 saturated heterocycles. The van der Waals surface area contributed by atoms with Gasteiger partial charge in [-0.05, 0) is 42.3 Å². The van der Waals surface area contributed by atoms with E-state index >= 15 is 0 Å². The molecule has 2 aromatic heterocycles. The maximum absolute atomic E-state index is 13.6. The lowest BCUT2D eigenvalue weighted by molar-refractivity contribution is -0.133. The van der Waals surface area contributed by atoms with E-state index < -0.39 is 5.54 Å². The number of nitrogens with zero attached hydrogens (tertiary/aromatic N) is 3. The molecule has 1 aliphatic rings. The Bertz CT molecular complexity index is 1320. The quantitative estimate of drug-likeness (QED) is 0.473. The van der Waals surface area contributed by atoms with Crippen LogP contribution in [0.3, 0.4) is 0 Å². The van der Waals surface area contributed by atoms with Crippen LogP contribution in [0, 0.1) is 5.82 Å². The molecule has 1 atom stereocenters. The zero-order chi connectivity index (χ0) is 23.7. The zero-order valence-corrected chi connectivity index (χ0v) is 18.6.